The molecule has 0 amide bonds. The number of carboxylic acid groups (broad SMARTS) is 1. The zero-order chi connectivity index (χ0) is 12.4. The van der Waals surface area contributed by atoms with Gasteiger partial charge in [-0.25, -0.2) is 4.39 Å². The molecule has 2 rings (SSSR count). The maximum absolute atomic E-state index is 13.8. The van der Waals surface area contributed by atoms with Gasteiger partial charge in [0.05, 0.1) is 12.1 Å². The molecule has 1 unspecified atom stereocenters. The number of thioether (sulfide) groups is 1. The Balaban J connectivity index is 2.29. The smallest absolute Gasteiger partial charge is 0.305 e. The Morgan fingerprint density at radius 2 is 2.41 bits per heavy atom. The van der Waals surface area contributed by atoms with Crippen molar-refractivity contribution >= 4 is 23.4 Å². The van der Waals surface area contributed by atoms with Crippen LogP contribution in [0.1, 0.15) is 13.3 Å². The Morgan fingerprint density at radius 1 is 1.65 bits per heavy atom. The van der Waals surface area contributed by atoms with Crippen molar-refractivity contribution in [2.75, 3.05) is 17.2 Å². The molecule has 92 valence electrons. The highest BCUT2D eigenvalue weighted by molar-refractivity contribution is 7.99. The van der Waals surface area contributed by atoms with E-state index in [1.807, 2.05) is 17.9 Å². The molecule has 1 aromatic rings. The van der Waals surface area contributed by atoms with Gasteiger partial charge in [-0.1, -0.05) is 6.07 Å². The van der Waals surface area contributed by atoms with Crippen LogP contribution in [0, 0.1) is 5.82 Å². The molecule has 1 aromatic carbocycles. The molecular weight excluding hydrogens is 241 g/mol. The first-order valence-electron chi connectivity index (χ1n) is 5.49. The molecule has 0 aliphatic carbocycles. The molecule has 1 N–H and O–H groups in total. The van der Waals surface area contributed by atoms with Gasteiger partial charge in [-0.05, 0) is 19.1 Å². The fourth-order valence-electron chi connectivity index (χ4n) is 1.96. The van der Waals surface area contributed by atoms with Crippen molar-refractivity contribution in [3.63, 3.8) is 0 Å². The van der Waals surface area contributed by atoms with E-state index in [0.717, 1.165) is 10.6 Å². The third-order valence-corrected chi connectivity index (χ3v) is 4.11. The summed E-state index contributed by atoms with van der Waals surface area (Å²) in [5.41, 5.74) is 0.553. The zero-order valence-corrected chi connectivity index (χ0v) is 10.3. The fourth-order valence-corrected chi connectivity index (χ4v) is 3.09. The number of rotatable bonds is 3. The second-order valence-electron chi connectivity index (χ2n) is 4.08. The van der Waals surface area contributed by atoms with Gasteiger partial charge < -0.3 is 10.0 Å². The molecular formula is C12H14FNO2S. The summed E-state index contributed by atoms with van der Waals surface area (Å²) < 4.78 is 13.8. The lowest BCUT2D eigenvalue weighted by atomic mass is 10.2. The van der Waals surface area contributed by atoms with Crippen molar-refractivity contribution in [3.05, 3.63) is 24.0 Å². The molecule has 0 aromatic heterocycles. The highest BCUT2D eigenvalue weighted by atomic mass is 32.2. The van der Waals surface area contributed by atoms with Crippen molar-refractivity contribution < 1.29 is 14.3 Å². The van der Waals surface area contributed by atoms with Gasteiger partial charge in [0.25, 0.3) is 0 Å². The van der Waals surface area contributed by atoms with Crippen LogP contribution in [0.2, 0.25) is 0 Å². The first kappa shape index (κ1) is 12.2. The van der Waals surface area contributed by atoms with Gasteiger partial charge in [-0.3, -0.25) is 4.79 Å². The van der Waals surface area contributed by atoms with E-state index in [1.54, 1.807) is 17.8 Å². The molecule has 0 radical (unpaired) electrons. The van der Waals surface area contributed by atoms with E-state index in [1.165, 1.54) is 6.07 Å². The standard InChI is InChI=1S/C12H14FNO2S/c1-8-7-17-10-4-2-3-9(13)12(10)14(8)6-5-11(15)16/h2-4,8H,5-7H2,1H3,(H,15,16). The molecule has 0 saturated heterocycles. The van der Waals surface area contributed by atoms with Crippen LogP contribution in [-0.4, -0.2) is 29.4 Å². The van der Waals surface area contributed by atoms with Crippen LogP contribution in [0.5, 0.6) is 0 Å². The van der Waals surface area contributed by atoms with Gasteiger partial charge in [0, 0.05) is 23.2 Å². The summed E-state index contributed by atoms with van der Waals surface area (Å²) in [5.74, 6) is -0.268. The summed E-state index contributed by atoms with van der Waals surface area (Å²) in [4.78, 5) is 13.4. The van der Waals surface area contributed by atoms with Crippen molar-refractivity contribution in [1.29, 1.82) is 0 Å². The quantitative estimate of drug-likeness (QED) is 0.901. The number of anilines is 1. The number of hydrogen-bond acceptors (Lipinski definition) is 3. The van der Waals surface area contributed by atoms with Crippen molar-refractivity contribution in [1.82, 2.24) is 0 Å². The summed E-state index contributed by atoms with van der Waals surface area (Å²) in [5, 5.41) is 8.72. The van der Waals surface area contributed by atoms with Gasteiger partial charge in [0.2, 0.25) is 0 Å². The molecule has 1 heterocycles. The van der Waals surface area contributed by atoms with E-state index in [2.05, 4.69) is 0 Å². The van der Waals surface area contributed by atoms with Crippen LogP contribution in [0.3, 0.4) is 0 Å². The first-order chi connectivity index (χ1) is 8.09. The molecule has 1 aliphatic rings. The van der Waals surface area contributed by atoms with Crippen molar-refractivity contribution in [2.45, 2.75) is 24.3 Å². The number of benzene rings is 1. The predicted molar refractivity (Wildman–Crippen MR) is 66.2 cm³/mol. The minimum Gasteiger partial charge on any atom is -0.481 e. The van der Waals surface area contributed by atoms with Crippen molar-refractivity contribution in [2.24, 2.45) is 0 Å². The Kier molecular flexibility index (Phi) is 3.57. The second kappa shape index (κ2) is 4.96. The number of halogens is 1. The number of fused-ring (bicyclic) bond motifs is 1. The number of carbonyl (C=O) groups is 1. The van der Waals surface area contributed by atoms with E-state index in [4.69, 9.17) is 5.11 Å². The number of para-hydroxylation sites is 1. The fraction of sp³-hybridized carbons (Fsp3) is 0.417. The van der Waals surface area contributed by atoms with Crippen LogP contribution in [0.15, 0.2) is 23.1 Å². The van der Waals surface area contributed by atoms with Gasteiger partial charge in [-0.2, -0.15) is 0 Å². The maximum Gasteiger partial charge on any atom is 0.305 e. The van der Waals surface area contributed by atoms with Crippen LogP contribution in [0.25, 0.3) is 0 Å². The van der Waals surface area contributed by atoms with Crippen molar-refractivity contribution in [3.8, 4) is 0 Å². The number of aliphatic carboxylic acids is 1. The Labute approximate surface area is 104 Å². The molecule has 0 spiro atoms. The second-order valence-corrected chi connectivity index (χ2v) is 5.15. The molecule has 3 nitrogen and oxygen atoms in total. The summed E-state index contributed by atoms with van der Waals surface area (Å²) in [6, 6.07) is 5.14. The van der Waals surface area contributed by atoms with Crippen LogP contribution >= 0.6 is 11.8 Å². The summed E-state index contributed by atoms with van der Waals surface area (Å²) in [6.07, 6.45) is 0.0305. The van der Waals surface area contributed by atoms with Gasteiger partial charge >= 0.3 is 5.97 Å². The van der Waals surface area contributed by atoms with Crippen LogP contribution in [0.4, 0.5) is 10.1 Å². The van der Waals surface area contributed by atoms with Crippen LogP contribution in [-0.2, 0) is 4.79 Å². The van der Waals surface area contributed by atoms with E-state index >= 15 is 0 Å². The molecule has 1 atom stereocenters. The van der Waals surface area contributed by atoms with E-state index in [0.29, 0.717) is 12.2 Å². The lowest BCUT2D eigenvalue weighted by Gasteiger charge is -2.36. The highest BCUT2D eigenvalue weighted by Gasteiger charge is 2.26. The minimum absolute atomic E-state index is 0.0305. The predicted octanol–water partition coefficient (Wildman–Crippen LogP) is 2.60. The van der Waals surface area contributed by atoms with E-state index < -0.39 is 5.97 Å². The summed E-state index contributed by atoms with van der Waals surface area (Å²) in [7, 11) is 0. The number of nitrogens with zero attached hydrogens (tertiary/aromatic N) is 1. The largest absolute Gasteiger partial charge is 0.481 e. The average Bonchev–Trinajstić information content (AvgIpc) is 2.28. The Morgan fingerprint density at radius 3 is 3.12 bits per heavy atom. The van der Waals surface area contributed by atoms with E-state index in [9.17, 15) is 9.18 Å². The lowest BCUT2D eigenvalue weighted by molar-refractivity contribution is -0.136. The number of carboxylic acids is 1. The highest BCUT2D eigenvalue weighted by Crippen LogP contribution is 2.39. The Bertz CT molecular complexity index is 439. The molecule has 0 fully saturated rings. The molecule has 1 aliphatic heterocycles. The van der Waals surface area contributed by atoms with Gasteiger partial charge in [-0.15, -0.1) is 11.8 Å². The minimum atomic E-state index is -0.853. The third-order valence-electron chi connectivity index (χ3n) is 2.82. The lowest BCUT2D eigenvalue weighted by Crippen LogP contribution is -2.39. The van der Waals surface area contributed by atoms with Gasteiger partial charge in [0.1, 0.15) is 5.82 Å². The summed E-state index contributed by atoms with van der Waals surface area (Å²) in [6.45, 7) is 2.34. The first-order valence-corrected chi connectivity index (χ1v) is 6.48. The summed E-state index contributed by atoms with van der Waals surface area (Å²) >= 11 is 1.62. The molecule has 0 bridgehead atoms. The average molecular weight is 255 g/mol. The molecule has 0 saturated carbocycles. The third kappa shape index (κ3) is 2.54. The molecule has 17 heavy (non-hydrogen) atoms. The topological polar surface area (TPSA) is 40.5 Å². The monoisotopic (exact) mass is 255 g/mol. The normalized spacial score (nSPS) is 18.9. The number of hydrogen-bond donors (Lipinski definition) is 1. The molecule has 5 heteroatoms. The van der Waals surface area contributed by atoms with E-state index in [-0.39, 0.29) is 18.3 Å². The SMILES string of the molecule is CC1CSc2cccc(F)c2N1CCC(=O)O. The van der Waals surface area contributed by atoms with Gasteiger partial charge in [0.15, 0.2) is 0 Å². The van der Waals surface area contributed by atoms with Crippen LogP contribution < -0.4 is 4.90 Å². The zero-order valence-electron chi connectivity index (χ0n) is 9.52. The Hall–Kier alpha value is -1.23. The maximum atomic E-state index is 13.8.